The van der Waals surface area contributed by atoms with Gasteiger partial charge in [-0.1, -0.05) is 34.7 Å². The number of anilines is 1. The van der Waals surface area contributed by atoms with E-state index in [4.69, 9.17) is 11.6 Å². The fourth-order valence-electron chi connectivity index (χ4n) is 2.29. The van der Waals surface area contributed by atoms with E-state index in [1.165, 1.54) is 41.9 Å². The first-order valence-electron chi connectivity index (χ1n) is 8.37. The molecule has 0 saturated heterocycles. The van der Waals surface area contributed by atoms with E-state index in [0.29, 0.717) is 24.5 Å². The number of aryl methyl sites for hydroxylation is 1. The van der Waals surface area contributed by atoms with Crippen molar-refractivity contribution in [3.8, 4) is 0 Å². The number of nitrogens with zero attached hydrogens (tertiary/aromatic N) is 5. The molecule has 0 radical (unpaired) electrons. The Labute approximate surface area is 188 Å². The molecule has 0 atom stereocenters. The molecule has 4 rings (SSSR count). The van der Waals surface area contributed by atoms with Crippen LogP contribution in [0, 0.1) is 5.82 Å². The normalized spacial score (nSPS) is 10.9. The standard InChI is InChI=1S/C18H12ClFN6OS3/c1-26-9-22-25-18(26)30-14-7-6-12(28-11-4-2-10(20)3-5-11)15(23-14)16(27)24-17-21-8-13(19)29-17/h2-9H,1H3,(H,21,24,27). The van der Waals surface area contributed by atoms with Crippen LogP contribution in [-0.2, 0) is 7.05 Å². The first-order chi connectivity index (χ1) is 14.5. The van der Waals surface area contributed by atoms with Crippen LogP contribution >= 0.6 is 46.5 Å². The number of carbonyl (C=O) groups excluding carboxylic acids is 1. The third-order valence-corrected chi connectivity index (χ3v) is 6.73. The average molecular weight is 479 g/mol. The first kappa shape index (κ1) is 20.8. The second kappa shape index (κ2) is 9.13. The van der Waals surface area contributed by atoms with E-state index in [1.807, 2.05) is 7.05 Å². The van der Waals surface area contributed by atoms with Crippen molar-refractivity contribution in [3.63, 3.8) is 0 Å². The zero-order chi connectivity index (χ0) is 21.1. The van der Waals surface area contributed by atoms with Crippen molar-refractivity contribution >= 4 is 57.5 Å². The maximum absolute atomic E-state index is 13.2. The Morgan fingerprint density at radius 3 is 2.67 bits per heavy atom. The second-order valence-electron chi connectivity index (χ2n) is 5.80. The van der Waals surface area contributed by atoms with E-state index >= 15 is 0 Å². The van der Waals surface area contributed by atoms with Crippen molar-refractivity contribution in [3.05, 3.63) is 64.8 Å². The molecule has 1 amide bonds. The monoisotopic (exact) mass is 478 g/mol. The summed E-state index contributed by atoms with van der Waals surface area (Å²) in [5, 5.41) is 12.2. The lowest BCUT2D eigenvalue weighted by Crippen LogP contribution is -2.15. The number of nitrogens with one attached hydrogen (secondary N) is 1. The lowest BCUT2D eigenvalue weighted by Gasteiger charge is -2.10. The van der Waals surface area contributed by atoms with Crippen LogP contribution in [0.2, 0.25) is 4.34 Å². The Morgan fingerprint density at radius 1 is 1.20 bits per heavy atom. The second-order valence-corrected chi connectivity index (χ2v) is 9.57. The van der Waals surface area contributed by atoms with E-state index in [0.717, 1.165) is 16.2 Å². The summed E-state index contributed by atoms with van der Waals surface area (Å²) in [5.41, 5.74) is 0.211. The maximum Gasteiger partial charge on any atom is 0.277 e. The summed E-state index contributed by atoms with van der Waals surface area (Å²) >= 11 is 9.64. The third kappa shape index (κ3) is 4.98. The number of hydrogen-bond donors (Lipinski definition) is 1. The van der Waals surface area contributed by atoms with Gasteiger partial charge in [-0.2, -0.15) is 0 Å². The number of pyridine rings is 1. The Bertz CT molecular complexity index is 1200. The summed E-state index contributed by atoms with van der Waals surface area (Å²) in [6.45, 7) is 0. The van der Waals surface area contributed by atoms with Crippen LogP contribution in [0.1, 0.15) is 10.5 Å². The Balaban J connectivity index is 1.65. The highest BCUT2D eigenvalue weighted by Gasteiger charge is 2.18. The number of aromatic nitrogens is 5. The van der Waals surface area contributed by atoms with Crippen molar-refractivity contribution < 1.29 is 9.18 Å². The molecule has 0 spiro atoms. The number of amides is 1. The highest BCUT2D eigenvalue weighted by atomic mass is 35.5. The predicted molar refractivity (Wildman–Crippen MR) is 115 cm³/mol. The molecule has 0 bridgehead atoms. The molecule has 0 aliphatic heterocycles. The molecule has 30 heavy (non-hydrogen) atoms. The van der Waals surface area contributed by atoms with Crippen molar-refractivity contribution in [1.82, 2.24) is 24.7 Å². The van der Waals surface area contributed by atoms with Crippen molar-refractivity contribution in [2.45, 2.75) is 20.0 Å². The molecule has 7 nitrogen and oxygen atoms in total. The van der Waals surface area contributed by atoms with Gasteiger partial charge in [0.15, 0.2) is 10.3 Å². The molecule has 0 aliphatic rings. The van der Waals surface area contributed by atoms with Crippen molar-refractivity contribution in [2.75, 3.05) is 5.32 Å². The molecule has 0 saturated carbocycles. The molecule has 1 aromatic carbocycles. The number of halogens is 2. The van der Waals surface area contributed by atoms with E-state index in [9.17, 15) is 9.18 Å². The molecule has 0 unspecified atom stereocenters. The summed E-state index contributed by atoms with van der Waals surface area (Å²) in [4.78, 5) is 22.9. The fraction of sp³-hybridized carbons (Fsp3) is 0.0556. The van der Waals surface area contributed by atoms with Gasteiger partial charge in [0.05, 0.1) is 6.20 Å². The van der Waals surface area contributed by atoms with Gasteiger partial charge in [-0.3, -0.25) is 10.1 Å². The minimum absolute atomic E-state index is 0.211. The van der Waals surface area contributed by atoms with E-state index in [1.54, 1.807) is 35.2 Å². The molecule has 0 fully saturated rings. The lowest BCUT2D eigenvalue weighted by molar-refractivity contribution is 0.101. The van der Waals surface area contributed by atoms with Crippen LogP contribution in [0.15, 0.2) is 68.9 Å². The van der Waals surface area contributed by atoms with Gasteiger partial charge in [-0.05, 0) is 48.2 Å². The summed E-state index contributed by atoms with van der Waals surface area (Å²) in [7, 11) is 1.82. The van der Waals surface area contributed by atoms with Gasteiger partial charge in [-0.15, -0.1) is 10.2 Å². The summed E-state index contributed by atoms with van der Waals surface area (Å²) in [6.07, 6.45) is 3.05. The Hall–Kier alpha value is -2.47. The van der Waals surface area contributed by atoms with Crippen LogP contribution in [0.5, 0.6) is 0 Å². The Morgan fingerprint density at radius 2 is 2.00 bits per heavy atom. The molecule has 0 aliphatic carbocycles. The van der Waals surface area contributed by atoms with Crippen LogP contribution in [0.25, 0.3) is 0 Å². The summed E-state index contributed by atoms with van der Waals surface area (Å²) < 4.78 is 15.4. The molecule has 152 valence electrons. The van der Waals surface area contributed by atoms with Crippen LogP contribution in [0.4, 0.5) is 9.52 Å². The average Bonchev–Trinajstić information content (AvgIpc) is 3.32. The summed E-state index contributed by atoms with van der Waals surface area (Å²) in [5.74, 6) is -0.752. The molecule has 3 heterocycles. The fourth-order valence-corrected chi connectivity index (χ4v) is 4.73. The van der Waals surface area contributed by atoms with Gasteiger partial charge in [0, 0.05) is 16.8 Å². The van der Waals surface area contributed by atoms with Crippen LogP contribution < -0.4 is 5.32 Å². The lowest BCUT2D eigenvalue weighted by atomic mass is 10.3. The predicted octanol–water partition coefficient (Wildman–Crippen LogP) is 5.01. The largest absolute Gasteiger partial charge is 0.311 e. The zero-order valence-electron chi connectivity index (χ0n) is 15.2. The number of benzene rings is 1. The first-order valence-corrected chi connectivity index (χ1v) is 11.2. The summed E-state index contributed by atoms with van der Waals surface area (Å²) in [6, 6.07) is 9.61. The Kier molecular flexibility index (Phi) is 6.32. The van der Waals surface area contributed by atoms with Crippen molar-refractivity contribution in [2.24, 2.45) is 7.05 Å². The van der Waals surface area contributed by atoms with E-state index in [-0.39, 0.29) is 11.5 Å². The van der Waals surface area contributed by atoms with Gasteiger partial charge in [0.1, 0.15) is 27.2 Å². The van der Waals surface area contributed by atoms with Crippen molar-refractivity contribution in [1.29, 1.82) is 0 Å². The molecular formula is C18H12ClFN6OS3. The van der Waals surface area contributed by atoms with Gasteiger partial charge < -0.3 is 4.57 Å². The molecule has 1 N–H and O–H groups in total. The maximum atomic E-state index is 13.2. The molecule has 4 aromatic rings. The zero-order valence-corrected chi connectivity index (χ0v) is 18.4. The number of rotatable bonds is 6. The number of hydrogen-bond acceptors (Lipinski definition) is 8. The highest BCUT2D eigenvalue weighted by molar-refractivity contribution is 7.99. The minimum atomic E-state index is -0.425. The van der Waals surface area contributed by atoms with Gasteiger partial charge in [0.2, 0.25) is 0 Å². The van der Waals surface area contributed by atoms with Gasteiger partial charge in [0.25, 0.3) is 5.91 Å². The van der Waals surface area contributed by atoms with Gasteiger partial charge in [-0.25, -0.2) is 14.4 Å². The number of carbonyl (C=O) groups is 1. The minimum Gasteiger partial charge on any atom is -0.311 e. The molecule has 12 heteroatoms. The highest BCUT2D eigenvalue weighted by Crippen LogP contribution is 2.33. The number of thiazole rings is 1. The quantitative estimate of drug-likeness (QED) is 0.416. The van der Waals surface area contributed by atoms with Gasteiger partial charge >= 0.3 is 0 Å². The van der Waals surface area contributed by atoms with Crippen LogP contribution in [0.3, 0.4) is 0 Å². The SMILES string of the molecule is Cn1cnnc1Sc1ccc(Sc2ccc(F)cc2)c(C(=O)Nc2ncc(Cl)s2)n1. The molecular weight excluding hydrogens is 467 g/mol. The third-order valence-electron chi connectivity index (χ3n) is 3.65. The van der Waals surface area contributed by atoms with E-state index < -0.39 is 5.91 Å². The smallest absolute Gasteiger partial charge is 0.277 e. The topological polar surface area (TPSA) is 85.6 Å². The van der Waals surface area contributed by atoms with Crippen LogP contribution in [-0.4, -0.2) is 30.6 Å². The molecule has 3 aromatic heterocycles. The van der Waals surface area contributed by atoms with E-state index in [2.05, 4.69) is 25.5 Å².